The van der Waals surface area contributed by atoms with Gasteiger partial charge >= 0.3 is 0 Å². The van der Waals surface area contributed by atoms with Gasteiger partial charge in [0.05, 0.1) is 10.2 Å². The van der Waals surface area contributed by atoms with E-state index in [4.69, 9.17) is 0 Å². The molecular formula is C13H8Br2F3N. The van der Waals surface area contributed by atoms with E-state index in [-0.39, 0.29) is 16.7 Å². The van der Waals surface area contributed by atoms with Crippen molar-refractivity contribution < 1.29 is 13.2 Å². The van der Waals surface area contributed by atoms with Gasteiger partial charge in [0.1, 0.15) is 17.5 Å². The maximum absolute atomic E-state index is 13.6. The second kappa shape index (κ2) is 5.96. The highest BCUT2D eigenvalue weighted by atomic mass is 79.9. The number of rotatable bonds is 3. The second-order valence-corrected chi connectivity index (χ2v) is 5.61. The summed E-state index contributed by atoms with van der Waals surface area (Å²) >= 11 is 6.12. The monoisotopic (exact) mass is 393 g/mol. The first kappa shape index (κ1) is 14.4. The van der Waals surface area contributed by atoms with Crippen LogP contribution in [0.4, 0.5) is 18.9 Å². The van der Waals surface area contributed by atoms with Crippen LogP contribution in [-0.4, -0.2) is 0 Å². The summed E-state index contributed by atoms with van der Waals surface area (Å²) < 4.78 is 40.9. The fourth-order valence-corrected chi connectivity index (χ4v) is 2.19. The molecule has 2 aromatic carbocycles. The van der Waals surface area contributed by atoms with Crippen LogP contribution < -0.4 is 5.32 Å². The summed E-state index contributed by atoms with van der Waals surface area (Å²) in [7, 11) is 0. The molecule has 0 spiro atoms. The molecule has 0 amide bonds. The lowest BCUT2D eigenvalue weighted by molar-refractivity contribution is 0.580. The van der Waals surface area contributed by atoms with Gasteiger partial charge in [-0.25, -0.2) is 13.2 Å². The molecule has 6 heteroatoms. The average Bonchev–Trinajstić information content (AvgIpc) is 2.34. The number of nitrogens with one attached hydrogen (secondary N) is 1. The molecule has 0 bridgehead atoms. The fourth-order valence-electron chi connectivity index (χ4n) is 1.51. The van der Waals surface area contributed by atoms with E-state index in [0.29, 0.717) is 10.0 Å². The number of anilines is 1. The molecule has 100 valence electrons. The van der Waals surface area contributed by atoms with Gasteiger partial charge in [-0.1, -0.05) is 22.0 Å². The predicted molar refractivity (Wildman–Crippen MR) is 75.5 cm³/mol. The molecule has 1 nitrogen and oxygen atoms in total. The van der Waals surface area contributed by atoms with E-state index in [1.165, 1.54) is 12.1 Å². The Hall–Kier alpha value is -1.01. The Kier molecular flexibility index (Phi) is 4.52. The van der Waals surface area contributed by atoms with Crippen molar-refractivity contribution in [3.8, 4) is 0 Å². The zero-order valence-corrected chi connectivity index (χ0v) is 12.7. The molecular weight excluding hydrogens is 387 g/mol. The smallest absolute Gasteiger partial charge is 0.149 e. The lowest BCUT2D eigenvalue weighted by atomic mass is 10.2. The minimum Gasteiger partial charge on any atom is -0.378 e. The van der Waals surface area contributed by atoms with Crippen molar-refractivity contribution in [1.29, 1.82) is 0 Å². The molecule has 0 atom stereocenters. The molecule has 19 heavy (non-hydrogen) atoms. The Balaban J connectivity index is 2.16. The quantitative estimate of drug-likeness (QED) is 0.702. The highest BCUT2D eigenvalue weighted by molar-refractivity contribution is 9.10. The standard InChI is InChI=1S/C13H8Br2F3N/c14-8-2-1-7(10(16)3-8)6-19-13-4-9(15)11(17)5-12(13)18/h1-5,19H,6H2. The summed E-state index contributed by atoms with van der Waals surface area (Å²) in [4.78, 5) is 0. The van der Waals surface area contributed by atoms with Crippen LogP contribution in [0, 0.1) is 17.5 Å². The molecule has 0 unspecified atom stereocenters. The van der Waals surface area contributed by atoms with Crippen molar-refractivity contribution in [1.82, 2.24) is 0 Å². The molecule has 0 heterocycles. The summed E-state index contributed by atoms with van der Waals surface area (Å²) in [6, 6.07) is 6.65. The highest BCUT2D eigenvalue weighted by Crippen LogP contribution is 2.24. The minimum atomic E-state index is -0.724. The van der Waals surface area contributed by atoms with Gasteiger partial charge in [-0.15, -0.1) is 0 Å². The Morgan fingerprint density at radius 3 is 2.32 bits per heavy atom. The van der Waals surface area contributed by atoms with Crippen molar-refractivity contribution >= 4 is 37.5 Å². The van der Waals surface area contributed by atoms with E-state index in [9.17, 15) is 13.2 Å². The van der Waals surface area contributed by atoms with E-state index in [0.717, 1.165) is 6.07 Å². The van der Waals surface area contributed by atoms with Gasteiger partial charge in [-0.05, 0) is 34.1 Å². The van der Waals surface area contributed by atoms with E-state index in [2.05, 4.69) is 37.2 Å². The van der Waals surface area contributed by atoms with Crippen molar-refractivity contribution in [3.05, 3.63) is 62.3 Å². The topological polar surface area (TPSA) is 12.0 Å². The molecule has 0 saturated carbocycles. The lowest BCUT2D eigenvalue weighted by Gasteiger charge is -2.09. The van der Waals surface area contributed by atoms with E-state index >= 15 is 0 Å². The zero-order chi connectivity index (χ0) is 14.0. The summed E-state index contributed by atoms with van der Waals surface area (Å²) in [6.45, 7) is 0.105. The molecule has 1 N–H and O–H groups in total. The second-order valence-electron chi connectivity index (χ2n) is 3.84. The fraction of sp³-hybridized carbons (Fsp3) is 0.0769. The Bertz CT molecular complexity index is 617. The first-order valence-corrected chi connectivity index (χ1v) is 6.88. The summed E-state index contributed by atoms with van der Waals surface area (Å²) in [6.07, 6.45) is 0. The molecule has 0 radical (unpaired) electrons. The minimum absolute atomic E-state index is 0.105. The molecule has 0 fully saturated rings. The average molecular weight is 395 g/mol. The lowest BCUT2D eigenvalue weighted by Crippen LogP contribution is -2.04. The Labute approximate surface area is 125 Å². The Morgan fingerprint density at radius 2 is 1.63 bits per heavy atom. The van der Waals surface area contributed by atoms with Crippen LogP contribution in [0.1, 0.15) is 5.56 Å². The van der Waals surface area contributed by atoms with Crippen molar-refractivity contribution in [2.75, 3.05) is 5.32 Å². The van der Waals surface area contributed by atoms with Gasteiger partial charge in [0, 0.05) is 22.6 Å². The normalized spacial score (nSPS) is 10.6. The zero-order valence-electron chi connectivity index (χ0n) is 9.48. The highest BCUT2D eigenvalue weighted by Gasteiger charge is 2.09. The SMILES string of the molecule is Fc1cc(F)c(NCc2ccc(Br)cc2F)cc1Br. The first-order chi connectivity index (χ1) is 8.97. The number of hydrogen-bond acceptors (Lipinski definition) is 1. The van der Waals surface area contributed by atoms with Gasteiger partial charge in [-0.3, -0.25) is 0 Å². The first-order valence-electron chi connectivity index (χ1n) is 5.29. The molecule has 0 aliphatic rings. The summed E-state index contributed by atoms with van der Waals surface area (Å²) in [5.74, 6) is -1.81. The van der Waals surface area contributed by atoms with Gasteiger partial charge in [0.15, 0.2) is 0 Å². The third-order valence-corrected chi connectivity index (χ3v) is 3.60. The van der Waals surface area contributed by atoms with Crippen LogP contribution in [0.15, 0.2) is 39.3 Å². The van der Waals surface area contributed by atoms with Crippen LogP contribution in [-0.2, 0) is 6.54 Å². The third-order valence-electron chi connectivity index (χ3n) is 2.49. The number of hydrogen-bond donors (Lipinski definition) is 1. The van der Waals surface area contributed by atoms with Gasteiger partial charge < -0.3 is 5.32 Å². The predicted octanol–water partition coefficient (Wildman–Crippen LogP) is 5.24. The molecule has 0 aliphatic heterocycles. The number of benzene rings is 2. The van der Waals surface area contributed by atoms with Crippen molar-refractivity contribution in [2.24, 2.45) is 0 Å². The molecule has 0 saturated heterocycles. The van der Waals surface area contributed by atoms with E-state index in [1.54, 1.807) is 12.1 Å². The van der Waals surface area contributed by atoms with E-state index in [1.807, 2.05) is 0 Å². The number of halogens is 5. The van der Waals surface area contributed by atoms with Gasteiger partial charge in [0.25, 0.3) is 0 Å². The van der Waals surface area contributed by atoms with Crippen LogP contribution in [0.2, 0.25) is 0 Å². The van der Waals surface area contributed by atoms with Crippen LogP contribution in [0.25, 0.3) is 0 Å². The maximum atomic E-state index is 13.6. The summed E-state index contributed by atoms with van der Waals surface area (Å²) in [5.41, 5.74) is 0.499. The van der Waals surface area contributed by atoms with Crippen LogP contribution >= 0.6 is 31.9 Å². The Morgan fingerprint density at radius 1 is 0.895 bits per heavy atom. The molecule has 2 rings (SSSR count). The van der Waals surface area contributed by atoms with Crippen molar-refractivity contribution in [3.63, 3.8) is 0 Å². The summed E-state index contributed by atoms with van der Waals surface area (Å²) in [5, 5.41) is 2.73. The van der Waals surface area contributed by atoms with Crippen LogP contribution in [0.5, 0.6) is 0 Å². The van der Waals surface area contributed by atoms with Crippen molar-refractivity contribution in [2.45, 2.75) is 6.54 Å². The maximum Gasteiger partial charge on any atom is 0.149 e. The molecule has 0 aliphatic carbocycles. The third kappa shape index (κ3) is 3.51. The van der Waals surface area contributed by atoms with Gasteiger partial charge in [-0.2, -0.15) is 0 Å². The van der Waals surface area contributed by atoms with Crippen LogP contribution in [0.3, 0.4) is 0 Å². The largest absolute Gasteiger partial charge is 0.378 e. The molecule has 0 aromatic heterocycles. The van der Waals surface area contributed by atoms with E-state index < -0.39 is 17.5 Å². The van der Waals surface area contributed by atoms with Gasteiger partial charge in [0.2, 0.25) is 0 Å². The molecule has 2 aromatic rings.